The first kappa shape index (κ1) is 23.5. The number of aliphatic imine (C=N–C) groups is 1. The molecular formula is C27H27NO3S. The average molecular weight is 446 g/mol. The molecule has 0 heterocycles. The number of carbonyl (C=O) groups excluding carboxylic acids is 2. The number of rotatable bonds is 10. The molecule has 0 atom stereocenters. The highest BCUT2D eigenvalue weighted by atomic mass is 32.2. The maximum atomic E-state index is 12.6. The van der Waals surface area contributed by atoms with Crippen LogP contribution in [-0.4, -0.2) is 18.2 Å². The normalized spacial score (nSPS) is 10.9. The second kappa shape index (κ2) is 12.6. The van der Waals surface area contributed by atoms with Crippen molar-refractivity contribution in [3.8, 4) is 0 Å². The standard InChI is InChI=1S/C27H27NO3S/c1-2-3-4-5-11-20-28-25-15-10-9-14-24(25)27(30)31-26(29)21-16-18-23(19-17-21)32-22-12-7-6-8-13-22/h6-10,12-20H,2-5,11H2,1H3. The fourth-order valence-electron chi connectivity index (χ4n) is 3.07. The van der Waals surface area contributed by atoms with Crippen LogP contribution in [0.25, 0.3) is 0 Å². The monoisotopic (exact) mass is 445 g/mol. The lowest BCUT2D eigenvalue weighted by Gasteiger charge is -2.07. The fourth-order valence-corrected chi connectivity index (χ4v) is 3.90. The topological polar surface area (TPSA) is 55.7 Å². The van der Waals surface area contributed by atoms with Crippen LogP contribution < -0.4 is 0 Å². The summed E-state index contributed by atoms with van der Waals surface area (Å²) in [5, 5.41) is 0. The van der Waals surface area contributed by atoms with Crippen molar-refractivity contribution in [2.75, 3.05) is 0 Å². The molecule has 0 spiro atoms. The van der Waals surface area contributed by atoms with Crippen LogP contribution in [0.15, 0.2) is 93.6 Å². The average Bonchev–Trinajstić information content (AvgIpc) is 2.82. The molecule has 32 heavy (non-hydrogen) atoms. The van der Waals surface area contributed by atoms with Crippen molar-refractivity contribution in [2.45, 2.75) is 48.8 Å². The summed E-state index contributed by atoms with van der Waals surface area (Å²) in [4.78, 5) is 31.6. The maximum absolute atomic E-state index is 12.6. The first-order valence-electron chi connectivity index (χ1n) is 10.9. The molecule has 0 aliphatic carbocycles. The molecule has 0 bridgehead atoms. The molecule has 3 rings (SSSR count). The molecule has 3 aromatic rings. The first-order valence-corrected chi connectivity index (χ1v) is 11.7. The van der Waals surface area contributed by atoms with Crippen molar-refractivity contribution in [3.63, 3.8) is 0 Å². The van der Waals surface area contributed by atoms with Crippen molar-refractivity contribution in [1.29, 1.82) is 0 Å². The van der Waals surface area contributed by atoms with Gasteiger partial charge in [-0.25, -0.2) is 9.59 Å². The van der Waals surface area contributed by atoms with Gasteiger partial charge in [0.05, 0.1) is 16.8 Å². The van der Waals surface area contributed by atoms with Gasteiger partial charge in [0.2, 0.25) is 0 Å². The van der Waals surface area contributed by atoms with E-state index in [0.29, 0.717) is 11.3 Å². The number of hydrogen-bond acceptors (Lipinski definition) is 5. The van der Waals surface area contributed by atoms with Crippen molar-refractivity contribution >= 4 is 35.6 Å². The van der Waals surface area contributed by atoms with Crippen LogP contribution >= 0.6 is 11.8 Å². The lowest BCUT2D eigenvalue weighted by Crippen LogP contribution is -2.13. The van der Waals surface area contributed by atoms with Gasteiger partial charge in [0, 0.05) is 16.0 Å². The van der Waals surface area contributed by atoms with Gasteiger partial charge in [0.15, 0.2) is 0 Å². The fraction of sp³-hybridized carbons (Fsp3) is 0.222. The Hall–Kier alpha value is -3.18. The molecule has 0 fully saturated rings. The van der Waals surface area contributed by atoms with E-state index in [9.17, 15) is 9.59 Å². The van der Waals surface area contributed by atoms with Crippen molar-refractivity contribution < 1.29 is 14.3 Å². The largest absolute Gasteiger partial charge is 0.386 e. The summed E-state index contributed by atoms with van der Waals surface area (Å²) in [7, 11) is 0. The smallest absolute Gasteiger partial charge is 0.348 e. The summed E-state index contributed by atoms with van der Waals surface area (Å²) >= 11 is 1.60. The Bertz CT molecular complexity index is 1050. The predicted octanol–water partition coefficient (Wildman–Crippen LogP) is 7.51. The number of unbranched alkanes of at least 4 members (excludes halogenated alkanes) is 4. The summed E-state index contributed by atoms with van der Waals surface area (Å²) in [6, 6.07) is 23.9. The van der Waals surface area contributed by atoms with Crippen LogP contribution in [0.3, 0.4) is 0 Å². The van der Waals surface area contributed by atoms with Crippen molar-refractivity contribution in [2.24, 2.45) is 4.99 Å². The van der Waals surface area contributed by atoms with Crippen molar-refractivity contribution in [1.82, 2.24) is 0 Å². The maximum Gasteiger partial charge on any atom is 0.348 e. The molecule has 0 saturated heterocycles. The van der Waals surface area contributed by atoms with Crippen LogP contribution in [0.2, 0.25) is 0 Å². The molecule has 0 aliphatic heterocycles. The van der Waals surface area contributed by atoms with Gasteiger partial charge < -0.3 is 4.74 Å². The summed E-state index contributed by atoms with van der Waals surface area (Å²) in [5.74, 6) is -1.37. The predicted molar refractivity (Wildman–Crippen MR) is 130 cm³/mol. The van der Waals surface area contributed by atoms with Gasteiger partial charge >= 0.3 is 11.9 Å². The Labute approximate surface area is 193 Å². The third-order valence-electron chi connectivity index (χ3n) is 4.80. The van der Waals surface area contributed by atoms with E-state index in [1.807, 2.05) is 54.7 Å². The van der Waals surface area contributed by atoms with Crippen LogP contribution in [0.5, 0.6) is 0 Å². The molecule has 0 saturated carbocycles. The van der Waals surface area contributed by atoms with E-state index in [1.54, 1.807) is 42.1 Å². The van der Waals surface area contributed by atoms with E-state index < -0.39 is 11.9 Å². The van der Waals surface area contributed by atoms with Gasteiger partial charge in [-0.1, -0.05) is 68.3 Å². The highest BCUT2D eigenvalue weighted by molar-refractivity contribution is 7.99. The number of hydrogen-bond donors (Lipinski definition) is 0. The zero-order valence-electron chi connectivity index (χ0n) is 18.2. The molecule has 4 nitrogen and oxygen atoms in total. The number of para-hydroxylation sites is 1. The number of ether oxygens (including phenoxy) is 1. The van der Waals surface area contributed by atoms with Gasteiger partial charge in [-0.3, -0.25) is 4.99 Å². The number of nitrogens with zero attached hydrogens (tertiary/aromatic N) is 1. The Morgan fingerprint density at radius 2 is 1.50 bits per heavy atom. The van der Waals surface area contributed by atoms with Crippen LogP contribution in [0, 0.1) is 0 Å². The number of esters is 2. The Balaban J connectivity index is 1.59. The minimum Gasteiger partial charge on any atom is -0.386 e. The quantitative estimate of drug-likeness (QED) is 0.140. The molecule has 5 heteroatoms. The van der Waals surface area contributed by atoms with E-state index in [2.05, 4.69) is 11.9 Å². The lowest BCUT2D eigenvalue weighted by molar-refractivity contribution is 0.0398. The number of benzene rings is 3. The summed E-state index contributed by atoms with van der Waals surface area (Å²) in [5.41, 5.74) is 1.12. The molecule has 0 unspecified atom stereocenters. The molecule has 0 amide bonds. The van der Waals surface area contributed by atoms with E-state index in [0.717, 1.165) is 22.6 Å². The molecule has 0 radical (unpaired) electrons. The second-order valence-corrected chi connectivity index (χ2v) is 8.44. The highest BCUT2D eigenvalue weighted by Gasteiger charge is 2.17. The zero-order valence-corrected chi connectivity index (χ0v) is 19.0. The minimum atomic E-state index is -0.698. The SMILES string of the molecule is CCCCCCC=Nc1ccccc1C(=O)OC(=O)c1ccc(Sc2ccccc2)cc1. The van der Waals surface area contributed by atoms with E-state index in [-0.39, 0.29) is 5.56 Å². The minimum absolute atomic E-state index is 0.280. The van der Waals surface area contributed by atoms with Crippen LogP contribution in [-0.2, 0) is 4.74 Å². The molecule has 0 N–H and O–H groups in total. The number of carbonyl (C=O) groups is 2. The Morgan fingerprint density at radius 1 is 0.812 bits per heavy atom. The van der Waals surface area contributed by atoms with Gasteiger partial charge in [0.1, 0.15) is 0 Å². The second-order valence-electron chi connectivity index (χ2n) is 7.29. The van der Waals surface area contributed by atoms with Crippen LogP contribution in [0.4, 0.5) is 5.69 Å². The first-order chi connectivity index (χ1) is 15.7. The highest BCUT2D eigenvalue weighted by Crippen LogP contribution is 2.27. The summed E-state index contributed by atoms with van der Waals surface area (Å²) < 4.78 is 5.12. The van der Waals surface area contributed by atoms with Gasteiger partial charge in [-0.05, 0) is 61.4 Å². The van der Waals surface area contributed by atoms with E-state index in [4.69, 9.17) is 4.74 Å². The molecule has 3 aromatic carbocycles. The lowest BCUT2D eigenvalue weighted by atomic mass is 10.1. The zero-order chi connectivity index (χ0) is 22.6. The van der Waals surface area contributed by atoms with E-state index in [1.165, 1.54) is 19.3 Å². The molecular weight excluding hydrogens is 418 g/mol. The summed E-state index contributed by atoms with van der Waals surface area (Å²) in [6.07, 6.45) is 7.33. The molecule has 0 aliphatic rings. The van der Waals surface area contributed by atoms with Gasteiger partial charge in [-0.15, -0.1) is 0 Å². The van der Waals surface area contributed by atoms with Gasteiger partial charge in [0.25, 0.3) is 0 Å². The van der Waals surface area contributed by atoms with Crippen molar-refractivity contribution in [3.05, 3.63) is 90.0 Å². The molecule has 0 aromatic heterocycles. The Morgan fingerprint density at radius 3 is 2.25 bits per heavy atom. The third kappa shape index (κ3) is 7.20. The van der Waals surface area contributed by atoms with E-state index >= 15 is 0 Å². The van der Waals surface area contributed by atoms with Gasteiger partial charge in [-0.2, -0.15) is 0 Å². The molecule has 164 valence electrons. The Kier molecular flexibility index (Phi) is 9.26. The summed E-state index contributed by atoms with van der Waals surface area (Å²) in [6.45, 7) is 2.18. The third-order valence-corrected chi connectivity index (χ3v) is 5.81. The van der Waals surface area contributed by atoms with Crippen LogP contribution in [0.1, 0.15) is 59.7 Å².